The van der Waals surface area contributed by atoms with Crippen LogP contribution in [0.4, 0.5) is 5.95 Å². The van der Waals surface area contributed by atoms with E-state index in [4.69, 9.17) is 0 Å². The molecule has 1 aliphatic rings. The zero-order valence-corrected chi connectivity index (χ0v) is 10.8. The van der Waals surface area contributed by atoms with E-state index in [1.807, 2.05) is 0 Å². The van der Waals surface area contributed by atoms with Crippen LogP contribution in [0.15, 0.2) is 10.9 Å². The largest absolute Gasteiger partial charge is 0.334 e. The molecule has 1 aromatic rings. The molecule has 0 aliphatic carbocycles. The van der Waals surface area contributed by atoms with E-state index in [2.05, 4.69) is 35.8 Å². The predicted octanol–water partition coefficient (Wildman–Crippen LogP) is -0.772. The highest BCUT2D eigenvalue weighted by Crippen LogP contribution is 2.12. The van der Waals surface area contributed by atoms with Gasteiger partial charge in [0.25, 0.3) is 5.56 Å². The van der Waals surface area contributed by atoms with Crippen molar-refractivity contribution < 1.29 is 4.90 Å². The first-order valence-corrected chi connectivity index (χ1v) is 6.24. The molecule has 2 heterocycles. The maximum atomic E-state index is 11.6. The first-order valence-electron chi connectivity index (χ1n) is 6.24. The van der Waals surface area contributed by atoms with Crippen molar-refractivity contribution in [3.63, 3.8) is 0 Å². The van der Waals surface area contributed by atoms with Gasteiger partial charge in [-0.2, -0.15) is 0 Å². The van der Waals surface area contributed by atoms with Crippen LogP contribution in [0.2, 0.25) is 0 Å². The maximum absolute atomic E-state index is 11.6. The van der Waals surface area contributed by atoms with E-state index >= 15 is 0 Å². The van der Waals surface area contributed by atoms with Gasteiger partial charge in [-0.1, -0.05) is 13.8 Å². The third-order valence-corrected chi connectivity index (χ3v) is 3.26. The van der Waals surface area contributed by atoms with Crippen LogP contribution in [-0.4, -0.2) is 43.2 Å². The molecule has 1 fully saturated rings. The Balaban J connectivity index is 2.23. The lowest BCUT2D eigenvalue weighted by Crippen LogP contribution is -3.12. The van der Waals surface area contributed by atoms with Crippen molar-refractivity contribution in [2.75, 3.05) is 38.1 Å². The van der Waals surface area contributed by atoms with Crippen LogP contribution in [0.25, 0.3) is 0 Å². The van der Waals surface area contributed by atoms with Crippen molar-refractivity contribution in [1.82, 2.24) is 9.97 Å². The second-order valence-corrected chi connectivity index (χ2v) is 5.09. The molecule has 2 N–H and O–H groups in total. The van der Waals surface area contributed by atoms with Crippen LogP contribution in [0.3, 0.4) is 0 Å². The average Bonchev–Trinajstić information content (AvgIpc) is 2.29. The number of hydrogen-bond donors (Lipinski definition) is 2. The van der Waals surface area contributed by atoms with E-state index in [-0.39, 0.29) is 11.5 Å². The Hall–Kier alpha value is -1.36. The molecular formula is C12H21N4O+. The quantitative estimate of drug-likeness (QED) is 0.710. The third-order valence-electron chi connectivity index (χ3n) is 3.26. The van der Waals surface area contributed by atoms with Crippen molar-refractivity contribution >= 4 is 5.95 Å². The third kappa shape index (κ3) is 2.85. The fourth-order valence-corrected chi connectivity index (χ4v) is 2.01. The Morgan fingerprint density at radius 1 is 1.41 bits per heavy atom. The zero-order chi connectivity index (χ0) is 12.4. The van der Waals surface area contributed by atoms with Gasteiger partial charge in [-0.15, -0.1) is 0 Å². The minimum atomic E-state index is -0.0509. The summed E-state index contributed by atoms with van der Waals surface area (Å²) in [5.74, 6) is 1.02. The lowest BCUT2D eigenvalue weighted by Gasteiger charge is -2.30. The van der Waals surface area contributed by atoms with Gasteiger partial charge in [0.1, 0.15) is 0 Å². The standard InChI is InChI=1S/C12H20N4O/c1-9(2)10-8-11(17)14-12(13-10)16-6-4-15(3)5-7-16/h8-9H,4-7H2,1-3H3,(H,13,14,17)/p+1. The summed E-state index contributed by atoms with van der Waals surface area (Å²) in [4.78, 5) is 22.7. The lowest BCUT2D eigenvalue weighted by atomic mass is 10.1. The SMILES string of the molecule is CC(C)c1cc(=O)[nH]c(N2CC[NH+](C)CC2)n1. The number of likely N-dealkylation sites (N-methyl/N-ethyl adjacent to an activating group) is 1. The summed E-state index contributed by atoms with van der Waals surface area (Å²) in [6.45, 7) is 8.21. The van der Waals surface area contributed by atoms with Crippen molar-refractivity contribution in [2.45, 2.75) is 19.8 Å². The van der Waals surface area contributed by atoms with E-state index in [9.17, 15) is 4.79 Å². The number of quaternary nitrogens is 1. The van der Waals surface area contributed by atoms with Gasteiger partial charge in [-0.25, -0.2) is 4.98 Å². The number of H-pyrrole nitrogens is 1. The number of nitrogens with zero attached hydrogens (tertiary/aromatic N) is 2. The highest BCUT2D eigenvalue weighted by Gasteiger charge is 2.19. The average molecular weight is 237 g/mol. The minimum absolute atomic E-state index is 0.0509. The Bertz CT molecular complexity index is 432. The molecule has 5 heteroatoms. The molecule has 1 saturated heterocycles. The smallest absolute Gasteiger partial charge is 0.252 e. The Morgan fingerprint density at radius 2 is 2.06 bits per heavy atom. The van der Waals surface area contributed by atoms with Crippen molar-refractivity contribution in [3.8, 4) is 0 Å². The minimum Gasteiger partial charge on any atom is -0.334 e. The number of anilines is 1. The summed E-state index contributed by atoms with van der Waals surface area (Å²) < 4.78 is 0. The molecule has 2 rings (SSSR count). The van der Waals surface area contributed by atoms with Crippen molar-refractivity contribution in [2.24, 2.45) is 0 Å². The van der Waals surface area contributed by atoms with Gasteiger partial charge in [-0.05, 0) is 5.92 Å². The van der Waals surface area contributed by atoms with Gasteiger partial charge in [0.05, 0.1) is 38.9 Å². The number of nitrogens with one attached hydrogen (secondary N) is 2. The lowest BCUT2D eigenvalue weighted by molar-refractivity contribution is -0.880. The van der Waals surface area contributed by atoms with Crippen molar-refractivity contribution in [1.29, 1.82) is 0 Å². The first kappa shape index (κ1) is 12.1. The van der Waals surface area contributed by atoms with Gasteiger partial charge in [0.2, 0.25) is 5.95 Å². The summed E-state index contributed by atoms with van der Waals surface area (Å²) in [6, 6.07) is 1.59. The molecule has 0 saturated carbocycles. The molecule has 1 aliphatic heterocycles. The zero-order valence-electron chi connectivity index (χ0n) is 10.8. The number of aromatic nitrogens is 2. The molecule has 0 aromatic carbocycles. The number of piperazine rings is 1. The normalized spacial score (nSPS) is 17.8. The van der Waals surface area contributed by atoms with Crippen LogP contribution in [0.5, 0.6) is 0 Å². The van der Waals surface area contributed by atoms with E-state index in [0.29, 0.717) is 0 Å². The highest BCUT2D eigenvalue weighted by molar-refractivity contribution is 5.31. The summed E-state index contributed by atoms with van der Waals surface area (Å²) in [6.07, 6.45) is 0. The predicted molar refractivity (Wildman–Crippen MR) is 67.8 cm³/mol. The topological polar surface area (TPSA) is 53.4 Å². The molecule has 1 aromatic heterocycles. The molecule has 0 spiro atoms. The monoisotopic (exact) mass is 237 g/mol. The van der Waals surface area contributed by atoms with Crippen LogP contribution in [0, 0.1) is 0 Å². The van der Waals surface area contributed by atoms with Gasteiger partial charge in [0.15, 0.2) is 0 Å². The molecule has 0 amide bonds. The van der Waals surface area contributed by atoms with E-state index in [0.717, 1.165) is 37.8 Å². The Kier molecular flexibility index (Phi) is 3.47. The van der Waals surface area contributed by atoms with E-state index in [1.54, 1.807) is 6.07 Å². The summed E-state index contributed by atoms with van der Waals surface area (Å²) >= 11 is 0. The van der Waals surface area contributed by atoms with Gasteiger partial charge in [-0.3, -0.25) is 9.78 Å². The second kappa shape index (κ2) is 4.87. The number of aromatic amines is 1. The fourth-order valence-electron chi connectivity index (χ4n) is 2.01. The second-order valence-electron chi connectivity index (χ2n) is 5.09. The van der Waals surface area contributed by atoms with Gasteiger partial charge < -0.3 is 9.80 Å². The molecule has 5 nitrogen and oxygen atoms in total. The van der Waals surface area contributed by atoms with Gasteiger partial charge >= 0.3 is 0 Å². The Morgan fingerprint density at radius 3 is 2.65 bits per heavy atom. The maximum Gasteiger partial charge on any atom is 0.252 e. The molecular weight excluding hydrogens is 216 g/mol. The molecule has 0 atom stereocenters. The molecule has 17 heavy (non-hydrogen) atoms. The summed E-state index contributed by atoms with van der Waals surface area (Å²) in [5, 5.41) is 0. The van der Waals surface area contributed by atoms with Crippen LogP contribution < -0.4 is 15.4 Å². The Labute approximate surface area is 101 Å². The molecule has 0 bridgehead atoms. The van der Waals surface area contributed by atoms with Crippen LogP contribution in [0.1, 0.15) is 25.5 Å². The number of hydrogen-bond acceptors (Lipinski definition) is 3. The molecule has 0 unspecified atom stereocenters. The number of rotatable bonds is 2. The molecule has 0 radical (unpaired) electrons. The summed E-state index contributed by atoms with van der Waals surface area (Å²) in [5.41, 5.74) is 0.819. The fraction of sp³-hybridized carbons (Fsp3) is 0.667. The van der Waals surface area contributed by atoms with E-state index < -0.39 is 0 Å². The van der Waals surface area contributed by atoms with Gasteiger partial charge in [0, 0.05) is 6.07 Å². The highest BCUT2D eigenvalue weighted by atomic mass is 16.1. The van der Waals surface area contributed by atoms with Crippen molar-refractivity contribution in [3.05, 3.63) is 22.1 Å². The molecule has 94 valence electrons. The summed E-state index contributed by atoms with van der Waals surface area (Å²) in [7, 11) is 2.19. The first-order chi connectivity index (χ1) is 8.06. The van der Waals surface area contributed by atoms with E-state index in [1.165, 1.54) is 4.90 Å². The van der Waals surface area contributed by atoms with Crippen LogP contribution >= 0.6 is 0 Å². The van der Waals surface area contributed by atoms with Crippen LogP contribution in [-0.2, 0) is 0 Å².